The van der Waals surface area contributed by atoms with E-state index in [1.54, 1.807) is 0 Å². The van der Waals surface area contributed by atoms with E-state index in [1.165, 1.54) is 0 Å². The summed E-state index contributed by atoms with van der Waals surface area (Å²) in [4.78, 5) is 42.0. The van der Waals surface area contributed by atoms with Crippen LogP contribution in [0.15, 0.2) is 34.1 Å². The molecule has 0 aliphatic carbocycles. The maximum Gasteiger partial charge on any atom is 0.339 e. The lowest BCUT2D eigenvalue weighted by Crippen LogP contribution is -2.01. The first kappa shape index (κ1) is 19.5. The van der Waals surface area contributed by atoms with Gasteiger partial charge in [0.25, 0.3) is 0 Å². The highest BCUT2D eigenvalue weighted by molar-refractivity contribution is 7.99. The molecule has 0 fully saturated rings. The van der Waals surface area contributed by atoms with Crippen molar-refractivity contribution in [3.8, 4) is 11.5 Å². The van der Waals surface area contributed by atoms with Gasteiger partial charge in [-0.3, -0.25) is 20.2 Å². The van der Waals surface area contributed by atoms with Gasteiger partial charge in [0.05, 0.1) is 9.85 Å². The summed E-state index contributed by atoms with van der Waals surface area (Å²) in [7, 11) is 0. The van der Waals surface area contributed by atoms with Crippen LogP contribution < -0.4 is 0 Å². The van der Waals surface area contributed by atoms with Crippen LogP contribution in [-0.2, 0) is 0 Å². The second kappa shape index (κ2) is 7.17. The molecule has 0 aromatic heterocycles. The fourth-order valence-corrected chi connectivity index (χ4v) is 3.01. The zero-order chi connectivity index (χ0) is 20.5. The standard InChI is InChI=1S/C14H8N2O10S/c17-11-7(13(19)20)1-5(3-9(11)15(23)24)27-6-2-8(14(21)22)12(18)10(4-6)16(25)26/h1-4,17-18H,(H,19,20)(H,21,22). The van der Waals surface area contributed by atoms with Gasteiger partial charge in [-0.05, 0) is 12.1 Å². The molecule has 140 valence electrons. The van der Waals surface area contributed by atoms with E-state index in [0.717, 1.165) is 24.3 Å². The third-order valence-electron chi connectivity index (χ3n) is 3.22. The van der Waals surface area contributed by atoms with Crippen molar-refractivity contribution < 1.29 is 39.9 Å². The van der Waals surface area contributed by atoms with Crippen LogP contribution in [0.2, 0.25) is 0 Å². The topological polar surface area (TPSA) is 201 Å². The number of nitro benzene ring substituents is 2. The number of aromatic hydroxyl groups is 2. The number of hydrogen-bond donors (Lipinski definition) is 4. The van der Waals surface area contributed by atoms with Crippen LogP contribution in [0.25, 0.3) is 0 Å². The van der Waals surface area contributed by atoms with Crippen molar-refractivity contribution in [2.75, 3.05) is 0 Å². The molecule has 0 aliphatic heterocycles. The van der Waals surface area contributed by atoms with Crippen molar-refractivity contribution in [1.29, 1.82) is 0 Å². The van der Waals surface area contributed by atoms with Crippen molar-refractivity contribution >= 4 is 35.1 Å². The Morgan fingerprint density at radius 3 is 1.37 bits per heavy atom. The number of hydrogen-bond acceptors (Lipinski definition) is 9. The lowest BCUT2D eigenvalue weighted by molar-refractivity contribution is -0.386. The van der Waals surface area contributed by atoms with E-state index in [0.29, 0.717) is 11.8 Å². The van der Waals surface area contributed by atoms with Gasteiger partial charge < -0.3 is 20.4 Å². The van der Waals surface area contributed by atoms with Crippen LogP contribution in [0, 0.1) is 20.2 Å². The Morgan fingerprint density at radius 2 is 1.11 bits per heavy atom. The molecule has 4 N–H and O–H groups in total. The highest BCUT2D eigenvalue weighted by atomic mass is 32.2. The molecule has 0 spiro atoms. The SMILES string of the molecule is O=C(O)c1cc(Sc2cc(C(=O)O)c(O)c([N+](=O)[O-])c2)cc([N+](=O)[O-])c1O. The molecular weight excluding hydrogens is 388 g/mol. The summed E-state index contributed by atoms with van der Waals surface area (Å²) in [5, 5.41) is 59.4. The van der Waals surface area contributed by atoms with Gasteiger partial charge >= 0.3 is 23.3 Å². The Hall–Kier alpha value is -3.87. The lowest BCUT2D eigenvalue weighted by Gasteiger charge is -2.08. The molecule has 0 radical (unpaired) electrons. The molecule has 0 amide bonds. The summed E-state index contributed by atoms with van der Waals surface area (Å²) in [6.07, 6.45) is 0. The molecule has 13 heteroatoms. The average Bonchev–Trinajstić information content (AvgIpc) is 2.56. The number of rotatable bonds is 6. The number of phenols is 2. The number of aromatic carboxylic acids is 2. The van der Waals surface area contributed by atoms with E-state index in [4.69, 9.17) is 10.2 Å². The second-order valence-electron chi connectivity index (χ2n) is 4.90. The van der Waals surface area contributed by atoms with E-state index in [-0.39, 0.29) is 9.79 Å². The summed E-state index contributed by atoms with van der Waals surface area (Å²) >= 11 is 0.574. The first-order chi connectivity index (χ1) is 12.5. The molecule has 0 atom stereocenters. The number of carboxylic acid groups (broad SMARTS) is 2. The Balaban J connectivity index is 2.63. The number of carboxylic acids is 2. The van der Waals surface area contributed by atoms with Gasteiger partial charge in [-0.25, -0.2) is 9.59 Å². The molecule has 0 bridgehead atoms. The van der Waals surface area contributed by atoms with E-state index in [2.05, 4.69) is 0 Å². The van der Waals surface area contributed by atoms with E-state index < -0.39 is 55.8 Å². The monoisotopic (exact) mass is 396 g/mol. The van der Waals surface area contributed by atoms with Gasteiger partial charge in [0, 0.05) is 21.9 Å². The Kier molecular flexibility index (Phi) is 5.16. The van der Waals surface area contributed by atoms with Crippen LogP contribution in [0.5, 0.6) is 11.5 Å². The van der Waals surface area contributed by atoms with Crippen LogP contribution in [0.4, 0.5) is 11.4 Å². The van der Waals surface area contributed by atoms with Gasteiger partial charge in [0.1, 0.15) is 11.1 Å². The third kappa shape index (κ3) is 3.87. The average molecular weight is 396 g/mol. The predicted molar refractivity (Wildman–Crippen MR) is 87.6 cm³/mol. The van der Waals surface area contributed by atoms with Gasteiger partial charge in [0.2, 0.25) is 11.5 Å². The molecule has 0 unspecified atom stereocenters. The van der Waals surface area contributed by atoms with Gasteiger partial charge in [0.15, 0.2) is 0 Å². The van der Waals surface area contributed by atoms with Gasteiger partial charge in [-0.15, -0.1) is 0 Å². The molecule has 2 aromatic rings. The minimum absolute atomic E-state index is 0.103. The Labute approximate surface area is 152 Å². The number of nitro groups is 2. The number of benzene rings is 2. The zero-order valence-corrected chi connectivity index (χ0v) is 13.7. The first-order valence-electron chi connectivity index (χ1n) is 6.70. The maximum absolute atomic E-state index is 11.1. The molecule has 2 rings (SSSR count). The lowest BCUT2D eigenvalue weighted by atomic mass is 10.1. The Morgan fingerprint density at radius 1 is 0.778 bits per heavy atom. The minimum atomic E-state index is -1.65. The summed E-state index contributed by atoms with van der Waals surface area (Å²) < 4.78 is 0. The fraction of sp³-hybridized carbons (Fsp3) is 0. The van der Waals surface area contributed by atoms with Crippen molar-refractivity contribution in [3.05, 3.63) is 55.6 Å². The summed E-state index contributed by atoms with van der Waals surface area (Å²) in [5.74, 6) is -5.44. The molecule has 0 aliphatic rings. The van der Waals surface area contributed by atoms with Crippen molar-refractivity contribution in [3.63, 3.8) is 0 Å². The van der Waals surface area contributed by atoms with Crippen molar-refractivity contribution in [2.24, 2.45) is 0 Å². The summed E-state index contributed by atoms with van der Waals surface area (Å²) in [5.41, 5.74) is -3.38. The molecule has 0 saturated heterocycles. The molecule has 27 heavy (non-hydrogen) atoms. The van der Waals surface area contributed by atoms with Crippen LogP contribution >= 0.6 is 11.8 Å². The quantitative estimate of drug-likeness (QED) is 0.412. The number of carbonyl (C=O) groups is 2. The van der Waals surface area contributed by atoms with Crippen molar-refractivity contribution in [2.45, 2.75) is 9.79 Å². The third-order valence-corrected chi connectivity index (χ3v) is 4.16. The normalized spacial score (nSPS) is 10.4. The van der Waals surface area contributed by atoms with Gasteiger partial charge in [-0.2, -0.15) is 0 Å². The summed E-state index contributed by atoms with van der Waals surface area (Å²) in [6, 6.07) is 3.42. The highest BCUT2D eigenvalue weighted by Gasteiger charge is 2.26. The van der Waals surface area contributed by atoms with E-state index in [1.807, 2.05) is 0 Å². The zero-order valence-electron chi connectivity index (χ0n) is 12.9. The highest BCUT2D eigenvalue weighted by Crippen LogP contribution is 2.41. The van der Waals surface area contributed by atoms with E-state index in [9.17, 15) is 40.0 Å². The van der Waals surface area contributed by atoms with Gasteiger partial charge in [-0.1, -0.05) is 11.8 Å². The molecular formula is C14H8N2O10S. The van der Waals surface area contributed by atoms with Crippen LogP contribution in [0.1, 0.15) is 20.7 Å². The maximum atomic E-state index is 11.1. The van der Waals surface area contributed by atoms with Crippen LogP contribution in [-0.4, -0.2) is 42.2 Å². The first-order valence-corrected chi connectivity index (χ1v) is 7.51. The molecule has 0 saturated carbocycles. The molecule has 12 nitrogen and oxygen atoms in total. The second-order valence-corrected chi connectivity index (χ2v) is 6.05. The number of nitrogens with zero attached hydrogens (tertiary/aromatic N) is 2. The van der Waals surface area contributed by atoms with Crippen LogP contribution in [0.3, 0.4) is 0 Å². The fourth-order valence-electron chi connectivity index (χ4n) is 2.05. The van der Waals surface area contributed by atoms with E-state index >= 15 is 0 Å². The molecule has 2 aromatic carbocycles. The Bertz CT molecular complexity index is 854. The molecule has 0 heterocycles. The minimum Gasteiger partial charge on any atom is -0.501 e. The largest absolute Gasteiger partial charge is 0.501 e. The smallest absolute Gasteiger partial charge is 0.339 e. The summed E-state index contributed by atoms with van der Waals surface area (Å²) in [6.45, 7) is 0. The predicted octanol–water partition coefficient (Wildman–Crippen LogP) is 2.46. The van der Waals surface area contributed by atoms with Crippen molar-refractivity contribution in [1.82, 2.24) is 0 Å².